The molecule has 2 unspecified atom stereocenters. The summed E-state index contributed by atoms with van der Waals surface area (Å²) in [5, 5.41) is 20.0. The van der Waals surface area contributed by atoms with Crippen LogP contribution in [-0.2, 0) is 9.53 Å². The van der Waals surface area contributed by atoms with Crippen molar-refractivity contribution < 1.29 is 24.5 Å². The van der Waals surface area contributed by atoms with Crippen LogP contribution in [0, 0.1) is 0 Å². The first-order chi connectivity index (χ1) is 9.86. The third kappa shape index (κ3) is 5.32. The van der Waals surface area contributed by atoms with Gasteiger partial charge in [-0.05, 0) is 24.1 Å². The monoisotopic (exact) mass is 332 g/mol. The lowest BCUT2D eigenvalue weighted by Gasteiger charge is -2.18. The average molecular weight is 333 g/mol. The van der Waals surface area contributed by atoms with Crippen molar-refractivity contribution in [2.45, 2.75) is 25.6 Å². The summed E-state index contributed by atoms with van der Waals surface area (Å²) in [6.07, 6.45) is -1.89. The van der Waals surface area contributed by atoms with Crippen LogP contribution in [-0.4, -0.2) is 40.3 Å². The summed E-state index contributed by atoms with van der Waals surface area (Å²) >= 11 is 7.04. The Hall–Kier alpha value is -1.08. The lowest BCUT2D eigenvalue weighted by Crippen LogP contribution is -2.19. The summed E-state index contributed by atoms with van der Waals surface area (Å²) in [6, 6.07) is 4.35. The molecule has 0 aliphatic rings. The highest BCUT2D eigenvalue weighted by atomic mass is 35.5. The molecule has 0 fully saturated rings. The van der Waals surface area contributed by atoms with Crippen LogP contribution in [0.3, 0.4) is 0 Å². The Labute approximate surface area is 132 Å². The van der Waals surface area contributed by atoms with Crippen molar-refractivity contribution in [1.82, 2.24) is 0 Å². The Balaban J connectivity index is 2.74. The Morgan fingerprint density at radius 1 is 1.38 bits per heavy atom. The molecule has 0 saturated heterocycles. The van der Waals surface area contributed by atoms with Gasteiger partial charge < -0.3 is 14.9 Å². The second-order valence-corrected chi connectivity index (χ2v) is 6.05. The molecule has 0 spiro atoms. The van der Waals surface area contributed by atoms with Gasteiger partial charge >= 0.3 is 5.97 Å². The molecule has 0 bridgehead atoms. The van der Waals surface area contributed by atoms with Crippen LogP contribution >= 0.6 is 23.4 Å². The first kappa shape index (κ1) is 18.0. The smallest absolute Gasteiger partial charge is 0.339 e. The van der Waals surface area contributed by atoms with E-state index < -0.39 is 18.2 Å². The van der Waals surface area contributed by atoms with Crippen molar-refractivity contribution in [3.63, 3.8) is 0 Å². The Kier molecular flexibility index (Phi) is 7.17. The Morgan fingerprint density at radius 2 is 2.05 bits per heavy atom. The molecule has 7 heteroatoms. The van der Waals surface area contributed by atoms with E-state index in [0.29, 0.717) is 11.3 Å². The molecule has 1 aromatic carbocycles. The van der Waals surface area contributed by atoms with E-state index in [0.717, 1.165) is 11.8 Å². The molecule has 2 atom stereocenters. The predicted octanol–water partition coefficient (Wildman–Crippen LogP) is 2.19. The van der Waals surface area contributed by atoms with E-state index in [9.17, 15) is 19.8 Å². The van der Waals surface area contributed by atoms with E-state index in [2.05, 4.69) is 4.74 Å². The molecule has 0 saturated carbocycles. The van der Waals surface area contributed by atoms with Crippen molar-refractivity contribution in [1.29, 1.82) is 0 Å². The van der Waals surface area contributed by atoms with Crippen LogP contribution in [0.2, 0.25) is 5.02 Å². The number of thioether (sulfide) groups is 1. The zero-order valence-electron chi connectivity index (χ0n) is 11.7. The van der Waals surface area contributed by atoms with Crippen molar-refractivity contribution in [3.8, 4) is 0 Å². The van der Waals surface area contributed by atoms with Gasteiger partial charge in [-0.2, -0.15) is 0 Å². The molecule has 5 nitrogen and oxygen atoms in total. The summed E-state index contributed by atoms with van der Waals surface area (Å²) in [6.45, 7) is 1.44. The number of rotatable bonds is 6. The topological polar surface area (TPSA) is 83.8 Å². The Morgan fingerprint density at radius 3 is 2.57 bits per heavy atom. The molecular weight excluding hydrogens is 316 g/mol. The number of benzene rings is 1. The first-order valence-corrected chi connectivity index (χ1v) is 7.60. The highest BCUT2D eigenvalue weighted by Gasteiger charge is 2.20. The van der Waals surface area contributed by atoms with E-state index in [1.54, 1.807) is 0 Å². The summed E-state index contributed by atoms with van der Waals surface area (Å²) < 4.78 is 4.57. The molecule has 0 aromatic heterocycles. The first-order valence-electron chi connectivity index (χ1n) is 6.24. The maximum atomic E-state index is 11.4. The van der Waals surface area contributed by atoms with E-state index in [1.165, 1.54) is 32.2 Å². The fourth-order valence-electron chi connectivity index (χ4n) is 1.69. The van der Waals surface area contributed by atoms with Gasteiger partial charge in [-0.1, -0.05) is 29.4 Å². The number of ether oxygens (including phenoxy) is 1. The normalized spacial score (nSPS) is 13.6. The third-order valence-corrected chi connectivity index (χ3v) is 3.98. The van der Waals surface area contributed by atoms with Crippen LogP contribution in [0.4, 0.5) is 0 Å². The van der Waals surface area contributed by atoms with Crippen LogP contribution in [0.5, 0.6) is 0 Å². The van der Waals surface area contributed by atoms with Crippen LogP contribution in [0.25, 0.3) is 0 Å². The number of aliphatic hydroxyl groups is 2. The van der Waals surface area contributed by atoms with E-state index >= 15 is 0 Å². The molecule has 0 radical (unpaired) electrons. The summed E-state index contributed by atoms with van der Waals surface area (Å²) in [4.78, 5) is 22.2. The molecule has 0 amide bonds. The number of hydrogen-bond acceptors (Lipinski definition) is 6. The molecule has 21 heavy (non-hydrogen) atoms. The highest BCUT2D eigenvalue weighted by molar-refractivity contribution is 8.13. The second kappa shape index (κ2) is 8.38. The molecule has 116 valence electrons. The summed E-state index contributed by atoms with van der Waals surface area (Å²) in [5.74, 6) is -0.152. The summed E-state index contributed by atoms with van der Waals surface area (Å²) in [7, 11) is 1.25. The molecular formula is C14H17ClO5S. The van der Waals surface area contributed by atoms with E-state index in [1.807, 2.05) is 0 Å². The van der Waals surface area contributed by atoms with Gasteiger partial charge in [-0.3, -0.25) is 4.79 Å². The van der Waals surface area contributed by atoms with Gasteiger partial charge in [0.25, 0.3) is 0 Å². The zero-order valence-corrected chi connectivity index (χ0v) is 13.3. The van der Waals surface area contributed by atoms with Crippen molar-refractivity contribution >= 4 is 34.4 Å². The molecule has 1 rings (SSSR count). The van der Waals surface area contributed by atoms with Gasteiger partial charge in [0.1, 0.15) is 6.10 Å². The van der Waals surface area contributed by atoms with Crippen molar-refractivity contribution in [2.24, 2.45) is 0 Å². The molecule has 0 aliphatic carbocycles. The van der Waals surface area contributed by atoms with E-state index in [-0.39, 0.29) is 22.1 Å². The number of methoxy groups -OCH3 is 1. The zero-order chi connectivity index (χ0) is 16.0. The minimum Gasteiger partial charge on any atom is -0.465 e. The SMILES string of the molecule is COC(=O)c1ccc(C(O)C(O)CCSC(C)=O)cc1Cl. The minimum atomic E-state index is -1.14. The molecule has 0 heterocycles. The largest absolute Gasteiger partial charge is 0.465 e. The summed E-state index contributed by atoms with van der Waals surface area (Å²) in [5.41, 5.74) is 0.588. The van der Waals surface area contributed by atoms with Gasteiger partial charge in [0, 0.05) is 12.7 Å². The average Bonchev–Trinajstić information content (AvgIpc) is 2.45. The Bertz CT molecular complexity index is 520. The fourth-order valence-corrected chi connectivity index (χ4v) is 2.61. The maximum Gasteiger partial charge on any atom is 0.339 e. The van der Waals surface area contributed by atoms with Crippen LogP contribution < -0.4 is 0 Å². The lowest BCUT2D eigenvalue weighted by atomic mass is 10.0. The third-order valence-electron chi connectivity index (χ3n) is 2.82. The lowest BCUT2D eigenvalue weighted by molar-refractivity contribution is -0.109. The number of carbonyl (C=O) groups is 2. The quantitative estimate of drug-likeness (QED) is 0.777. The highest BCUT2D eigenvalue weighted by Crippen LogP contribution is 2.26. The van der Waals surface area contributed by atoms with Gasteiger partial charge in [0.05, 0.1) is 23.8 Å². The number of esters is 1. The van der Waals surface area contributed by atoms with Crippen molar-refractivity contribution in [3.05, 3.63) is 34.3 Å². The molecule has 1 aromatic rings. The molecule has 0 aliphatic heterocycles. The van der Waals surface area contributed by atoms with Gasteiger partial charge in [-0.15, -0.1) is 0 Å². The van der Waals surface area contributed by atoms with Crippen LogP contribution in [0.15, 0.2) is 18.2 Å². The minimum absolute atomic E-state index is 0.0397. The van der Waals surface area contributed by atoms with Gasteiger partial charge in [0.15, 0.2) is 5.12 Å². The maximum absolute atomic E-state index is 11.4. The number of halogens is 1. The second-order valence-electron chi connectivity index (χ2n) is 4.37. The van der Waals surface area contributed by atoms with Crippen molar-refractivity contribution in [2.75, 3.05) is 12.9 Å². The standard InChI is InChI=1S/C14H17ClO5S/c1-8(16)21-6-5-12(17)13(18)9-3-4-10(11(15)7-9)14(19)20-2/h3-4,7,12-13,17-18H,5-6H2,1-2H3. The predicted molar refractivity (Wildman–Crippen MR) is 81.5 cm³/mol. The van der Waals surface area contributed by atoms with E-state index in [4.69, 9.17) is 11.6 Å². The van der Waals surface area contributed by atoms with Gasteiger partial charge in [0.2, 0.25) is 0 Å². The number of hydrogen-bond donors (Lipinski definition) is 2. The van der Waals surface area contributed by atoms with Gasteiger partial charge in [-0.25, -0.2) is 4.79 Å². The fraction of sp³-hybridized carbons (Fsp3) is 0.429. The van der Waals surface area contributed by atoms with Crippen LogP contribution in [0.1, 0.15) is 35.4 Å². The number of carbonyl (C=O) groups excluding carboxylic acids is 2. The molecule has 2 N–H and O–H groups in total. The number of aliphatic hydroxyl groups excluding tert-OH is 2.